The van der Waals surface area contributed by atoms with Crippen LogP contribution in [0.5, 0.6) is 0 Å². The summed E-state index contributed by atoms with van der Waals surface area (Å²) in [6.45, 7) is 0.204. The third-order valence-corrected chi connectivity index (χ3v) is 6.66. The molecule has 0 bridgehead atoms. The maximum Gasteiger partial charge on any atom is 0.274 e. The Bertz CT molecular complexity index is 881. The van der Waals surface area contributed by atoms with Crippen LogP contribution in [0.2, 0.25) is 4.34 Å². The SMILES string of the molecule is O=S(=O)(c1ccc(Cl)s1)N(Cc1cccnc1)c1ccccc1. The number of pyridine rings is 1. The summed E-state index contributed by atoms with van der Waals surface area (Å²) >= 11 is 6.95. The first-order valence-corrected chi connectivity index (χ1v) is 9.43. The first-order valence-electron chi connectivity index (χ1n) is 6.79. The summed E-state index contributed by atoms with van der Waals surface area (Å²) < 4.78 is 28.0. The molecule has 0 aliphatic rings. The third-order valence-electron chi connectivity index (χ3n) is 3.19. The molecule has 3 rings (SSSR count). The molecule has 2 heterocycles. The first-order chi connectivity index (χ1) is 11.1. The van der Waals surface area contributed by atoms with Crippen molar-refractivity contribution in [3.63, 3.8) is 0 Å². The van der Waals surface area contributed by atoms with E-state index in [1.807, 2.05) is 24.3 Å². The number of halogens is 1. The van der Waals surface area contributed by atoms with Crippen LogP contribution in [-0.4, -0.2) is 13.4 Å². The second-order valence-corrected chi connectivity index (χ2v) is 8.57. The molecule has 0 atom stereocenters. The number of aromatic nitrogens is 1. The molecular formula is C16H13ClN2O2S2. The molecule has 4 nitrogen and oxygen atoms in total. The predicted molar refractivity (Wildman–Crippen MR) is 93.4 cm³/mol. The minimum absolute atomic E-state index is 0.204. The molecular weight excluding hydrogens is 352 g/mol. The van der Waals surface area contributed by atoms with Gasteiger partial charge in [0.05, 0.1) is 16.6 Å². The van der Waals surface area contributed by atoms with Gasteiger partial charge in [-0.05, 0) is 35.9 Å². The van der Waals surface area contributed by atoms with E-state index >= 15 is 0 Å². The van der Waals surface area contributed by atoms with E-state index in [0.29, 0.717) is 10.0 Å². The van der Waals surface area contributed by atoms with Gasteiger partial charge in [-0.15, -0.1) is 11.3 Å². The molecule has 7 heteroatoms. The summed E-state index contributed by atoms with van der Waals surface area (Å²) in [6.07, 6.45) is 3.32. The zero-order valence-corrected chi connectivity index (χ0v) is 14.4. The zero-order chi connectivity index (χ0) is 16.3. The maximum atomic E-state index is 13.0. The van der Waals surface area contributed by atoms with Crippen LogP contribution < -0.4 is 4.31 Å². The molecule has 0 aliphatic heterocycles. The van der Waals surface area contributed by atoms with Crippen LogP contribution in [0.4, 0.5) is 5.69 Å². The van der Waals surface area contributed by atoms with Crippen LogP contribution >= 0.6 is 22.9 Å². The number of nitrogens with zero attached hydrogens (tertiary/aromatic N) is 2. The highest BCUT2D eigenvalue weighted by atomic mass is 35.5. The van der Waals surface area contributed by atoms with Crippen molar-refractivity contribution in [2.75, 3.05) is 4.31 Å². The van der Waals surface area contributed by atoms with Gasteiger partial charge in [-0.1, -0.05) is 35.9 Å². The molecule has 0 fully saturated rings. The lowest BCUT2D eigenvalue weighted by Gasteiger charge is -2.23. The molecule has 0 N–H and O–H groups in total. The van der Waals surface area contributed by atoms with Gasteiger partial charge in [0.25, 0.3) is 10.0 Å². The zero-order valence-electron chi connectivity index (χ0n) is 12.0. The summed E-state index contributed by atoms with van der Waals surface area (Å²) in [5.74, 6) is 0. The quantitative estimate of drug-likeness (QED) is 0.682. The van der Waals surface area contributed by atoms with E-state index in [4.69, 9.17) is 11.6 Å². The van der Waals surface area contributed by atoms with E-state index in [-0.39, 0.29) is 10.8 Å². The number of sulfonamides is 1. The van der Waals surface area contributed by atoms with Gasteiger partial charge in [0, 0.05) is 12.4 Å². The van der Waals surface area contributed by atoms with E-state index in [0.717, 1.165) is 16.9 Å². The molecule has 3 aromatic rings. The van der Waals surface area contributed by atoms with E-state index in [1.54, 1.807) is 36.7 Å². The Labute approximate surface area is 144 Å². The van der Waals surface area contributed by atoms with Gasteiger partial charge < -0.3 is 0 Å². The Morgan fingerprint density at radius 3 is 2.43 bits per heavy atom. The largest absolute Gasteiger partial charge is 0.274 e. The summed E-state index contributed by atoms with van der Waals surface area (Å²) in [5, 5.41) is 0. The lowest BCUT2D eigenvalue weighted by Crippen LogP contribution is -2.30. The van der Waals surface area contributed by atoms with Gasteiger partial charge >= 0.3 is 0 Å². The third kappa shape index (κ3) is 3.55. The summed E-state index contributed by atoms with van der Waals surface area (Å²) in [6, 6.07) is 15.7. The fourth-order valence-corrected chi connectivity index (χ4v) is 5.16. The van der Waals surface area contributed by atoms with Crippen molar-refractivity contribution in [3.8, 4) is 0 Å². The van der Waals surface area contributed by atoms with Crippen molar-refractivity contribution in [2.24, 2.45) is 0 Å². The molecule has 0 amide bonds. The lowest BCUT2D eigenvalue weighted by molar-refractivity contribution is 0.592. The highest BCUT2D eigenvalue weighted by Crippen LogP contribution is 2.31. The molecule has 0 unspecified atom stereocenters. The van der Waals surface area contributed by atoms with Crippen molar-refractivity contribution < 1.29 is 8.42 Å². The molecule has 0 saturated carbocycles. The van der Waals surface area contributed by atoms with Gasteiger partial charge in [-0.2, -0.15) is 0 Å². The Morgan fingerprint density at radius 2 is 1.83 bits per heavy atom. The predicted octanol–water partition coefficient (Wildman–Crippen LogP) is 4.19. The van der Waals surface area contributed by atoms with Gasteiger partial charge in [0.15, 0.2) is 0 Å². The standard InChI is InChI=1S/C16H13ClN2O2S2/c17-15-8-9-16(22-15)23(20,21)19(14-6-2-1-3-7-14)12-13-5-4-10-18-11-13/h1-11H,12H2. The summed E-state index contributed by atoms with van der Waals surface area (Å²) in [7, 11) is -3.69. The summed E-state index contributed by atoms with van der Waals surface area (Å²) in [4.78, 5) is 4.05. The minimum Gasteiger partial charge on any atom is -0.264 e. The maximum absolute atomic E-state index is 13.0. The number of hydrogen-bond acceptors (Lipinski definition) is 4. The van der Waals surface area contributed by atoms with Crippen LogP contribution in [0, 0.1) is 0 Å². The Kier molecular flexibility index (Phi) is 4.66. The highest BCUT2D eigenvalue weighted by molar-refractivity contribution is 7.94. The Morgan fingerprint density at radius 1 is 1.04 bits per heavy atom. The van der Waals surface area contributed by atoms with E-state index in [1.165, 1.54) is 10.4 Å². The number of anilines is 1. The summed E-state index contributed by atoms with van der Waals surface area (Å²) in [5.41, 5.74) is 1.41. The number of benzene rings is 1. The van der Waals surface area contributed by atoms with Gasteiger partial charge in [0.2, 0.25) is 0 Å². The fraction of sp³-hybridized carbons (Fsp3) is 0.0625. The van der Waals surface area contributed by atoms with Crippen LogP contribution in [0.3, 0.4) is 0 Å². The topological polar surface area (TPSA) is 50.3 Å². The van der Waals surface area contributed by atoms with Crippen molar-refractivity contribution in [2.45, 2.75) is 10.8 Å². The van der Waals surface area contributed by atoms with E-state index in [2.05, 4.69) is 4.98 Å². The smallest absolute Gasteiger partial charge is 0.264 e. The molecule has 118 valence electrons. The average Bonchev–Trinajstić information content (AvgIpc) is 3.02. The monoisotopic (exact) mass is 364 g/mol. The van der Waals surface area contributed by atoms with Crippen molar-refractivity contribution in [1.82, 2.24) is 4.98 Å². The fourth-order valence-electron chi connectivity index (χ4n) is 2.11. The number of hydrogen-bond donors (Lipinski definition) is 0. The van der Waals surface area contributed by atoms with Crippen LogP contribution in [0.25, 0.3) is 0 Å². The normalized spacial score (nSPS) is 11.3. The average molecular weight is 365 g/mol. The number of rotatable bonds is 5. The van der Waals surface area contributed by atoms with Gasteiger partial charge in [-0.25, -0.2) is 8.42 Å². The molecule has 0 saturated heterocycles. The Hall–Kier alpha value is -1.89. The lowest BCUT2D eigenvalue weighted by atomic mass is 10.2. The highest BCUT2D eigenvalue weighted by Gasteiger charge is 2.26. The second-order valence-electron chi connectivity index (χ2n) is 4.77. The van der Waals surface area contributed by atoms with Crippen molar-refractivity contribution >= 4 is 38.6 Å². The molecule has 1 aromatic carbocycles. The molecule has 0 radical (unpaired) electrons. The molecule has 2 aromatic heterocycles. The van der Waals surface area contributed by atoms with E-state index in [9.17, 15) is 8.42 Å². The van der Waals surface area contributed by atoms with Gasteiger partial charge in [0.1, 0.15) is 4.21 Å². The number of para-hydroxylation sites is 1. The van der Waals surface area contributed by atoms with E-state index < -0.39 is 10.0 Å². The van der Waals surface area contributed by atoms with Crippen molar-refractivity contribution in [3.05, 3.63) is 76.9 Å². The molecule has 0 spiro atoms. The van der Waals surface area contributed by atoms with Gasteiger partial charge in [-0.3, -0.25) is 9.29 Å². The van der Waals surface area contributed by atoms with Crippen LogP contribution in [-0.2, 0) is 16.6 Å². The minimum atomic E-state index is -3.69. The Balaban J connectivity index is 2.05. The van der Waals surface area contributed by atoms with Crippen LogP contribution in [0.15, 0.2) is 71.2 Å². The number of thiophene rings is 1. The van der Waals surface area contributed by atoms with Crippen molar-refractivity contribution in [1.29, 1.82) is 0 Å². The molecule has 23 heavy (non-hydrogen) atoms. The first kappa shape index (κ1) is 16.0. The second kappa shape index (κ2) is 6.70. The molecule has 0 aliphatic carbocycles. The van der Waals surface area contributed by atoms with Crippen LogP contribution in [0.1, 0.15) is 5.56 Å².